The van der Waals surface area contributed by atoms with Crippen LogP contribution >= 0.6 is 0 Å². The summed E-state index contributed by atoms with van der Waals surface area (Å²) < 4.78 is 0. The molecular weight excluding hydrogens is 192 g/mol. The van der Waals surface area contributed by atoms with Crippen molar-refractivity contribution in [3.8, 4) is 0 Å². The first kappa shape index (κ1) is 11.2. The van der Waals surface area contributed by atoms with E-state index in [1.807, 2.05) is 0 Å². The van der Waals surface area contributed by atoms with Gasteiger partial charge in [-0.25, -0.2) is 0 Å². The minimum Gasteiger partial charge on any atom is -0.0651 e. The van der Waals surface area contributed by atoms with Crippen LogP contribution in [0.1, 0.15) is 37.0 Å². The Kier molecular flexibility index (Phi) is 3.28. The number of fused-ring (bicyclic) bond motifs is 1. The van der Waals surface area contributed by atoms with Crippen molar-refractivity contribution in [1.82, 2.24) is 0 Å². The molecule has 84 valence electrons. The highest BCUT2D eigenvalue weighted by Crippen LogP contribution is 2.27. The molecule has 0 heterocycles. The fraction of sp³-hybridized carbons (Fsp3) is 0.375. The topological polar surface area (TPSA) is 0 Å². The molecule has 0 saturated heterocycles. The summed E-state index contributed by atoms with van der Waals surface area (Å²) in [5.41, 5.74) is 4.47. The molecule has 0 spiro atoms. The lowest BCUT2D eigenvalue weighted by Gasteiger charge is -2.13. The molecule has 2 aromatic carbocycles. The van der Waals surface area contributed by atoms with Crippen molar-refractivity contribution in [1.29, 1.82) is 0 Å². The van der Waals surface area contributed by atoms with Gasteiger partial charge in [-0.15, -0.1) is 0 Å². The maximum absolute atomic E-state index is 2.38. The van der Waals surface area contributed by atoms with Crippen molar-refractivity contribution >= 4 is 10.8 Å². The molecule has 0 amide bonds. The van der Waals surface area contributed by atoms with Crippen LogP contribution in [-0.2, 0) is 12.8 Å². The monoisotopic (exact) mass is 212 g/mol. The van der Waals surface area contributed by atoms with E-state index in [4.69, 9.17) is 0 Å². The first-order chi connectivity index (χ1) is 7.77. The zero-order chi connectivity index (χ0) is 11.5. The lowest BCUT2D eigenvalue weighted by molar-refractivity contribution is 0.926. The Morgan fingerprint density at radius 3 is 2.31 bits per heavy atom. The van der Waals surface area contributed by atoms with Crippen LogP contribution in [0.3, 0.4) is 0 Å². The first-order valence-corrected chi connectivity index (χ1v) is 6.28. The molecule has 0 N–H and O–H groups in total. The highest BCUT2D eigenvalue weighted by atomic mass is 14.1. The number of benzene rings is 2. The lowest BCUT2D eigenvalue weighted by atomic mass is 9.92. The number of hydrogen-bond donors (Lipinski definition) is 0. The quantitative estimate of drug-likeness (QED) is 0.694. The summed E-state index contributed by atoms with van der Waals surface area (Å²) in [5.74, 6) is 0. The summed E-state index contributed by atoms with van der Waals surface area (Å²) >= 11 is 0. The minimum atomic E-state index is 1.12. The minimum absolute atomic E-state index is 1.12. The van der Waals surface area contributed by atoms with Gasteiger partial charge in [-0.2, -0.15) is 0 Å². The third-order valence-electron chi connectivity index (χ3n) is 3.34. The number of rotatable bonds is 3. The highest BCUT2D eigenvalue weighted by Gasteiger charge is 2.07. The van der Waals surface area contributed by atoms with Gasteiger partial charge in [0.1, 0.15) is 0 Å². The summed E-state index contributed by atoms with van der Waals surface area (Å²) in [6, 6.07) is 11.2. The normalized spacial score (nSPS) is 10.9. The van der Waals surface area contributed by atoms with Gasteiger partial charge in [0.25, 0.3) is 0 Å². The van der Waals surface area contributed by atoms with E-state index in [1.165, 1.54) is 40.3 Å². The third kappa shape index (κ3) is 1.84. The standard InChI is InChI=1S/C16H20/c1-4-8-13-11-12(3)14(5-2)16-10-7-6-9-15(13)16/h6-7,9-11H,4-5,8H2,1-3H3. The molecule has 16 heavy (non-hydrogen) atoms. The van der Waals surface area contributed by atoms with Crippen molar-refractivity contribution in [2.75, 3.05) is 0 Å². The van der Waals surface area contributed by atoms with E-state index in [0.29, 0.717) is 0 Å². The summed E-state index contributed by atoms with van der Waals surface area (Å²) in [4.78, 5) is 0. The first-order valence-electron chi connectivity index (χ1n) is 6.28. The summed E-state index contributed by atoms with van der Waals surface area (Å²) in [6.07, 6.45) is 3.53. The molecule has 0 aliphatic carbocycles. The molecule has 0 fully saturated rings. The molecular formula is C16H20. The van der Waals surface area contributed by atoms with E-state index in [0.717, 1.165) is 6.42 Å². The molecule has 0 nitrogen and oxygen atoms in total. The summed E-state index contributed by atoms with van der Waals surface area (Å²) in [7, 11) is 0. The van der Waals surface area contributed by atoms with Crippen molar-refractivity contribution in [2.24, 2.45) is 0 Å². The van der Waals surface area contributed by atoms with Gasteiger partial charge in [0.2, 0.25) is 0 Å². The highest BCUT2D eigenvalue weighted by molar-refractivity contribution is 5.89. The van der Waals surface area contributed by atoms with Gasteiger partial charge in [0.15, 0.2) is 0 Å². The average molecular weight is 212 g/mol. The van der Waals surface area contributed by atoms with Crippen LogP contribution < -0.4 is 0 Å². The molecule has 0 aliphatic rings. The van der Waals surface area contributed by atoms with E-state index in [2.05, 4.69) is 51.1 Å². The Labute approximate surface area is 98.3 Å². The van der Waals surface area contributed by atoms with Crippen LogP contribution in [0.2, 0.25) is 0 Å². The third-order valence-corrected chi connectivity index (χ3v) is 3.34. The lowest BCUT2D eigenvalue weighted by Crippen LogP contribution is -1.94. The molecule has 0 saturated carbocycles. The van der Waals surface area contributed by atoms with Crippen LogP contribution in [0.5, 0.6) is 0 Å². The molecule has 0 aliphatic heterocycles. The zero-order valence-electron chi connectivity index (χ0n) is 10.5. The van der Waals surface area contributed by atoms with Crippen LogP contribution in [0.25, 0.3) is 10.8 Å². The Hall–Kier alpha value is -1.30. The largest absolute Gasteiger partial charge is 0.0651 e. The summed E-state index contributed by atoms with van der Waals surface area (Å²) in [5, 5.41) is 2.90. The van der Waals surface area contributed by atoms with Gasteiger partial charge in [-0.05, 0) is 47.2 Å². The van der Waals surface area contributed by atoms with Crippen LogP contribution in [-0.4, -0.2) is 0 Å². The van der Waals surface area contributed by atoms with Gasteiger partial charge < -0.3 is 0 Å². The van der Waals surface area contributed by atoms with Crippen LogP contribution in [0.15, 0.2) is 30.3 Å². The van der Waals surface area contributed by atoms with Crippen LogP contribution in [0.4, 0.5) is 0 Å². The van der Waals surface area contributed by atoms with Crippen LogP contribution in [0, 0.1) is 6.92 Å². The number of hydrogen-bond acceptors (Lipinski definition) is 0. The van der Waals surface area contributed by atoms with Crippen molar-refractivity contribution in [3.05, 3.63) is 47.0 Å². The second-order valence-electron chi connectivity index (χ2n) is 4.48. The molecule has 0 bridgehead atoms. The van der Waals surface area contributed by atoms with Gasteiger partial charge in [-0.1, -0.05) is 50.6 Å². The van der Waals surface area contributed by atoms with E-state index in [9.17, 15) is 0 Å². The number of aryl methyl sites for hydroxylation is 3. The predicted molar refractivity (Wildman–Crippen MR) is 72.1 cm³/mol. The predicted octanol–water partition coefficient (Wildman–Crippen LogP) is 4.66. The van der Waals surface area contributed by atoms with Gasteiger partial charge in [-0.3, -0.25) is 0 Å². The van der Waals surface area contributed by atoms with Gasteiger partial charge in [0, 0.05) is 0 Å². The average Bonchev–Trinajstić information content (AvgIpc) is 2.30. The second kappa shape index (κ2) is 4.69. The zero-order valence-corrected chi connectivity index (χ0v) is 10.5. The van der Waals surface area contributed by atoms with E-state index in [1.54, 1.807) is 0 Å². The second-order valence-corrected chi connectivity index (χ2v) is 4.48. The molecule has 0 radical (unpaired) electrons. The maximum Gasteiger partial charge on any atom is -0.0147 e. The smallest absolute Gasteiger partial charge is 0.0147 e. The maximum atomic E-state index is 2.38. The Morgan fingerprint density at radius 2 is 1.69 bits per heavy atom. The van der Waals surface area contributed by atoms with E-state index >= 15 is 0 Å². The Morgan fingerprint density at radius 1 is 1.00 bits per heavy atom. The molecule has 0 unspecified atom stereocenters. The fourth-order valence-electron chi connectivity index (χ4n) is 2.61. The summed E-state index contributed by atoms with van der Waals surface area (Å²) in [6.45, 7) is 6.73. The van der Waals surface area contributed by atoms with E-state index < -0.39 is 0 Å². The van der Waals surface area contributed by atoms with Crippen molar-refractivity contribution in [2.45, 2.75) is 40.0 Å². The van der Waals surface area contributed by atoms with E-state index in [-0.39, 0.29) is 0 Å². The van der Waals surface area contributed by atoms with Gasteiger partial charge in [0.05, 0.1) is 0 Å². The molecule has 2 aromatic rings. The molecule has 0 heteroatoms. The van der Waals surface area contributed by atoms with Gasteiger partial charge >= 0.3 is 0 Å². The Bertz CT molecular complexity index is 495. The van der Waals surface area contributed by atoms with Crippen molar-refractivity contribution < 1.29 is 0 Å². The Balaban J connectivity index is 2.75. The van der Waals surface area contributed by atoms with Crippen molar-refractivity contribution in [3.63, 3.8) is 0 Å². The molecule has 0 aromatic heterocycles. The fourth-order valence-corrected chi connectivity index (χ4v) is 2.61. The molecule has 0 atom stereocenters. The molecule has 2 rings (SSSR count). The SMILES string of the molecule is CCCc1cc(C)c(CC)c2ccccc12.